The van der Waals surface area contributed by atoms with E-state index in [0.29, 0.717) is 11.3 Å². The molecular formula is C13H25N3O. The SMILES string of the molecule is CC(C)CN(CC1(CC(N)=NO)CC1)C1CC1. The predicted octanol–water partition coefficient (Wildman–Crippen LogP) is 2.02. The summed E-state index contributed by atoms with van der Waals surface area (Å²) in [5.74, 6) is 1.11. The third-order valence-electron chi connectivity index (χ3n) is 3.84. The monoisotopic (exact) mass is 239 g/mol. The number of amidine groups is 1. The minimum Gasteiger partial charge on any atom is -0.409 e. The Bertz CT molecular complexity index is 293. The van der Waals surface area contributed by atoms with E-state index in [-0.39, 0.29) is 0 Å². The molecule has 2 fully saturated rings. The summed E-state index contributed by atoms with van der Waals surface area (Å²) in [6.07, 6.45) is 5.92. The highest BCUT2D eigenvalue weighted by Gasteiger charge is 2.46. The van der Waals surface area contributed by atoms with Crippen LogP contribution in [0.5, 0.6) is 0 Å². The molecule has 2 saturated carbocycles. The molecule has 0 atom stereocenters. The van der Waals surface area contributed by atoms with Crippen LogP contribution < -0.4 is 5.73 Å². The van der Waals surface area contributed by atoms with Crippen LogP contribution in [0, 0.1) is 11.3 Å². The smallest absolute Gasteiger partial charge is 0.139 e. The zero-order valence-electron chi connectivity index (χ0n) is 11.0. The Kier molecular flexibility index (Phi) is 3.61. The van der Waals surface area contributed by atoms with Gasteiger partial charge < -0.3 is 10.9 Å². The van der Waals surface area contributed by atoms with Gasteiger partial charge in [0.15, 0.2) is 0 Å². The summed E-state index contributed by atoms with van der Waals surface area (Å²) in [6.45, 7) is 6.87. The molecule has 0 bridgehead atoms. The molecule has 2 rings (SSSR count). The number of rotatable bonds is 7. The molecule has 2 aliphatic carbocycles. The van der Waals surface area contributed by atoms with E-state index in [1.807, 2.05) is 0 Å². The Hall–Kier alpha value is -0.770. The van der Waals surface area contributed by atoms with Crippen LogP contribution >= 0.6 is 0 Å². The van der Waals surface area contributed by atoms with Crippen molar-refractivity contribution in [3.63, 3.8) is 0 Å². The van der Waals surface area contributed by atoms with Gasteiger partial charge in [-0.1, -0.05) is 19.0 Å². The van der Waals surface area contributed by atoms with Crippen LogP contribution in [0.1, 0.15) is 46.0 Å². The Balaban J connectivity index is 1.88. The zero-order chi connectivity index (χ0) is 12.5. The molecule has 0 aromatic rings. The van der Waals surface area contributed by atoms with Gasteiger partial charge in [-0.2, -0.15) is 0 Å². The Labute approximate surface area is 104 Å². The molecule has 0 aromatic carbocycles. The Morgan fingerprint density at radius 2 is 2.12 bits per heavy atom. The second-order valence-electron chi connectivity index (χ2n) is 6.32. The van der Waals surface area contributed by atoms with Crippen LogP contribution in [-0.2, 0) is 0 Å². The molecule has 98 valence electrons. The lowest BCUT2D eigenvalue weighted by molar-refractivity contribution is 0.190. The molecule has 0 aromatic heterocycles. The van der Waals surface area contributed by atoms with Gasteiger partial charge in [0.25, 0.3) is 0 Å². The number of oxime groups is 1. The summed E-state index contributed by atoms with van der Waals surface area (Å²) in [5, 5.41) is 11.8. The van der Waals surface area contributed by atoms with E-state index < -0.39 is 0 Å². The van der Waals surface area contributed by atoms with E-state index in [9.17, 15) is 0 Å². The quantitative estimate of drug-likeness (QED) is 0.309. The first kappa shape index (κ1) is 12.7. The maximum absolute atomic E-state index is 8.68. The fraction of sp³-hybridized carbons (Fsp3) is 0.923. The van der Waals surface area contributed by atoms with E-state index in [0.717, 1.165) is 24.9 Å². The fourth-order valence-corrected chi connectivity index (χ4v) is 2.67. The van der Waals surface area contributed by atoms with Gasteiger partial charge in [-0.25, -0.2) is 0 Å². The number of hydrogen-bond acceptors (Lipinski definition) is 3. The van der Waals surface area contributed by atoms with Crippen LogP contribution in [0.2, 0.25) is 0 Å². The fourth-order valence-electron chi connectivity index (χ4n) is 2.67. The van der Waals surface area contributed by atoms with Crippen molar-refractivity contribution in [2.45, 2.75) is 52.0 Å². The molecule has 4 nitrogen and oxygen atoms in total. The third kappa shape index (κ3) is 3.60. The first-order valence-electron chi connectivity index (χ1n) is 6.75. The predicted molar refractivity (Wildman–Crippen MR) is 69.1 cm³/mol. The molecule has 0 saturated heterocycles. The van der Waals surface area contributed by atoms with Gasteiger partial charge in [-0.3, -0.25) is 4.90 Å². The molecule has 3 N–H and O–H groups in total. The highest BCUT2D eigenvalue weighted by Crippen LogP contribution is 2.50. The number of nitrogens with two attached hydrogens (primary N) is 1. The number of hydrogen-bond donors (Lipinski definition) is 2. The van der Waals surface area contributed by atoms with Crippen molar-refractivity contribution >= 4 is 5.84 Å². The molecule has 0 heterocycles. The molecule has 0 amide bonds. The summed E-state index contributed by atoms with van der Waals surface area (Å²) in [7, 11) is 0. The highest BCUT2D eigenvalue weighted by molar-refractivity contribution is 5.80. The zero-order valence-corrected chi connectivity index (χ0v) is 11.0. The van der Waals surface area contributed by atoms with Gasteiger partial charge in [0.2, 0.25) is 0 Å². The average Bonchev–Trinajstić information content (AvgIpc) is 3.10. The third-order valence-corrected chi connectivity index (χ3v) is 3.84. The van der Waals surface area contributed by atoms with Gasteiger partial charge in [-0.05, 0) is 37.0 Å². The summed E-state index contributed by atoms with van der Waals surface area (Å²) >= 11 is 0. The minimum absolute atomic E-state index is 0.313. The molecule has 0 unspecified atom stereocenters. The topological polar surface area (TPSA) is 61.8 Å². The molecule has 0 aliphatic heterocycles. The summed E-state index contributed by atoms with van der Waals surface area (Å²) < 4.78 is 0. The van der Waals surface area contributed by atoms with E-state index in [1.165, 1.54) is 32.2 Å². The van der Waals surface area contributed by atoms with Crippen LogP contribution in [-0.4, -0.2) is 35.1 Å². The van der Waals surface area contributed by atoms with Crippen molar-refractivity contribution in [3.8, 4) is 0 Å². The standard InChI is InChI=1S/C13H25N3O/c1-10(2)8-16(11-3-4-11)9-13(5-6-13)7-12(14)15-17/h10-11,17H,3-9H2,1-2H3,(H2,14,15). The van der Waals surface area contributed by atoms with Crippen molar-refractivity contribution in [2.24, 2.45) is 22.2 Å². The van der Waals surface area contributed by atoms with Gasteiger partial charge in [0.1, 0.15) is 5.84 Å². The Morgan fingerprint density at radius 1 is 1.47 bits per heavy atom. The summed E-state index contributed by atoms with van der Waals surface area (Å²) in [6, 6.07) is 0.808. The van der Waals surface area contributed by atoms with Crippen molar-refractivity contribution in [2.75, 3.05) is 13.1 Å². The van der Waals surface area contributed by atoms with Gasteiger partial charge in [-0.15, -0.1) is 0 Å². The van der Waals surface area contributed by atoms with E-state index in [4.69, 9.17) is 10.9 Å². The molecular weight excluding hydrogens is 214 g/mol. The molecule has 17 heavy (non-hydrogen) atoms. The van der Waals surface area contributed by atoms with E-state index in [1.54, 1.807) is 0 Å². The highest BCUT2D eigenvalue weighted by atomic mass is 16.4. The van der Waals surface area contributed by atoms with Crippen molar-refractivity contribution in [1.82, 2.24) is 4.90 Å². The van der Waals surface area contributed by atoms with Crippen molar-refractivity contribution < 1.29 is 5.21 Å². The largest absolute Gasteiger partial charge is 0.409 e. The van der Waals surface area contributed by atoms with Crippen molar-refractivity contribution in [1.29, 1.82) is 0 Å². The second-order valence-corrected chi connectivity index (χ2v) is 6.32. The maximum atomic E-state index is 8.68. The first-order valence-corrected chi connectivity index (χ1v) is 6.75. The van der Waals surface area contributed by atoms with Crippen molar-refractivity contribution in [3.05, 3.63) is 0 Å². The minimum atomic E-state index is 0.313. The normalized spacial score (nSPS) is 23.4. The maximum Gasteiger partial charge on any atom is 0.139 e. The lowest BCUT2D eigenvalue weighted by Gasteiger charge is -2.28. The lowest BCUT2D eigenvalue weighted by Crippen LogP contribution is -2.36. The molecule has 0 radical (unpaired) electrons. The summed E-state index contributed by atoms with van der Waals surface area (Å²) in [5.41, 5.74) is 5.96. The van der Waals surface area contributed by atoms with E-state index >= 15 is 0 Å². The molecule has 0 spiro atoms. The van der Waals surface area contributed by atoms with Gasteiger partial charge in [0.05, 0.1) is 0 Å². The molecule has 2 aliphatic rings. The lowest BCUT2D eigenvalue weighted by atomic mass is 10.00. The summed E-state index contributed by atoms with van der Waals surface area (Å²) in [4.78, 5) is 2.63. The number of nitrogens with zero attached hydrogens (tertiary/aromatic N) is 2. The van der Waals surface area contributed by atoms with Crippen LogP contribution in [0.25, 0.3) is 0 Å². The average molecular weight is 239 g/mol. The van der Waals surface area contributed by atoms with Crippen LogP contribution in [0.4, 0.5) is 0 Å². The first-order chi connectivity index (χ1) is 8.04. The van der Waals surface area contributed by atoms with Gasteiger partial charge >= 0.3 is 0 Å². The molecule has 4 heteroatoms. The van der Waals surface area contributed by atoms with Crippen LogP contribution in [0.15, 0.2) is 5.16 Å². The Morgan fingerprint density at radius 3 is 2.53 bits per heavy atom. The van der Waals surface area contributed by atoms with Gasteiger partial charge in [0, 0.05) is 25.6 Å². The van der Waals surface area contributed by atoms with E-state index in [2.05, 4.69) is 23.9 Å². The second kappa shape index (κ2) is 4.84. The van der Waals surface area contributed by atoms with Crippen LogP contribution in [0.3, 0.4) is 0 Å².